The van der Waals surface area contributed by atoms with E-state index in [2.05, 4.69) is 34.5 Å². The van der Waals surface area contributed by atoms with Gasteiger partial charge in [0, 0.05) is 42.0 Å². The van der Waals surface area contributed by atoms with Gasteiger partial charge in [-0.1, -0.05) is 0 Å². The SMILES string of the molecule is COc1ccc(C(=O)c2cc3cc(C)n(C[C@H]4COCCN4C)c3s2)cn1. The summed E-state index contributed by atoms with van der Waals surface area (Å²) >= 11 is 1.54. The van der Waals surface area contributed by atoms with Crippen LogP contribution in [0.15, 0.2) is 30.5 Å². The number of ether oxygens (including phenoxy) is 2. The third-order valence-electron chi connectivity index (χ3n) is 5.12. The first-order valence-electron chi connectivity index (χ1n) is 8.99. The fourth-order valence-corrected chi connectivity index (χ4v) is 4.60. The van der Waals surface area contributed by atoms with Gasteiger partial charge in [0.25, 0.3) is 0 Å². The average Bonchev–Trinajstić information content (AvgIpc) is 3.21. The first kappa shape index (κ1) is 18.2. The Hall–Kier alpha value is -2.22. The summed E-state index contributed by atoms with van der Waals surface area (Å²) in [4.78, 5) is 21.2. The molecule has 0 unspecified atom stereocenters. The molecule has 0 N–H and O–H groups in total. The lowest BCUT2D eigenvalue weighted by molar-refractivity contribution is 0.000119. The molecule has 1 aliphatic rings. The molecule has 4 heterocycles. The van der Waals surface area contributed by atoms with Crippen molar-refractivity contribution >= 4 is 27.3 Å². The number of carbonyl (C=O) groups excluding carboxylic acids is 1. The summed E-state index contributed by atoms with van der Waals surface area (Å²) in [7, 11) is 3.70. The van der Waals surface area contributed by atoms with Crippen molar-refractivity contribution in [3.05, 3.63) is 46.6 Å². The fourth-order valence-electron chi connectivity index (χ4n) is 3.43. The Morgan fingerprint density at radius 1 is 1.41 bits per heavy atom. The van der Waals surface area contributed by atoms with E-state index in [0.717, 1.165) is 41.4 Å². The molecule has 0 radical (unpaired) electrons. The molecule has 6 nitrogen and oxygen atoms in total. The van der Waals surface area contributed by atoms with E-state index in [1.807, 2.05) is 6.07 Å². The molecule has 0 saturated carbocycles. The van der Waals surface area contributed by atoms with Crippen molar-refractivity contribution in [2.75, 3.05) is 33.9 Å². The number of carbonyl (C=O) groups is 1. The van der Waals surface area contributed by atoms with E-state index in [1.54, 1.807) is 36.8 Å². The lowest BCUT2D eigenvalue weighted by Crippen LogP contribution is -2.45. The van der Waals surface area contributed by atoms with Crippen LogP contribution in [0.3, 0.4) is 0 Å². The van der Waals surface area contributed by atoms with E-state index >= 15 is 0 Å². The molecule has 4 rings (SSSR count). The maximum absolute atomic E-state index is 12.8. The van der Waals surface area contributed by atoms with Crippen LogP contribution in [0.25, 0.3) is 10.2 Å². The second-order valence-corrected chi connectivity index (χ2v) is 7.93. The van der Waals surface area contributed by atoms with Crippen LogP contribution in [-0.4, -0.2) is 60.2 Å². The minimum absolute atomic E-state index is 0.00586. The van der Waals surface area contributed by atoms with Crippen molar-refractivity contribution in [1.29, 1.82) is 0 Å². The molecule has 3 aromatic heterocycles. The molecule has 1 fully saturated rings. The molecule has 0 aromatic carbocycles. The van der Waals surface area contributed by atoms with Crippen molar-refractivity contribution in [3.63, 3.8) is 0 Å². The Bertz CT molecular complexity index is 961. The van der Waals surface area contributed by atoms with Crippen LogP contribution in [0.5, 0.6) is 5.88 Å². The van der Waals surface area contributed by atoms with Crippen molar-refractivity contribution in [3.8, 4) is 5.88 Å². The topological polar surface area (TPSA) is 56.6 Å². The number of methoxy groups -OCH3 is 1. The lowest BCUT2D eigenvalue weighted by atomic mass is 10.1. The summed E-state index contributed by atoms with van der Waals surface area (Å²) in [6.45, 7) is 5.47. The van der Waals surface area contributed by atoms with Crippen LogP contribution in [0.1, 0.15) is 20.9 Å². The zero-order valence-electron chi connectivity index (χ0n) is 15.8. The quantitative estimate of drug-likeness (QED) is 0.632. The van der Waals surface area contributed by atoms with Crippen LogP contribution >= 0.6 is 11.3 Å². The highest BCUT2D eigenvalue weighted by molar-refractivity contribution is 7.20. The predicted molar refractivity (Wildman–Crippen MR) is 106 cm³/mol. The summed E-state index contributed by atoms with van der Waals surface area (Å²) in [6, 6.07) is 7.95. The number of hydrogen-bond acceptors (Lipinski definition) is 6. The monoisotopic (exact) mass is 385 g/mol. The van der Waals surface area contributed by atoms with Gasteiger partial charge in [-0.05, 0) is 32.2 Å². The molecule has 0 aliphatic carbocycles. The molecule has 3 aromatic rings. The summed E-state index contributed by atoms with van der Waals surface area (Å²) in [5.74, 6) is 0.498. The van der Waals surface area contributed by atoms with E-state index < -0.39 is 0 Å². The van der Waals surface area contributed by atoms with Gasteiger partial charge in [-0.25, -0.2) is 4.98 Å². The minimum atomic E-state index is -0.00586. The third-order valence-corrected chi connectivity index (χ3v) is 6.29. The molecular weight excluding hydrogens is 362 g/mol. The second-order valence-electron chi connectivity index (χ2n) is 6.90. The highest BCUT2D eigenvalue weighted by Gasteiger charge is 2.23. The molecule has 0 amide bonds. The van der Waals surface area contributed by atoms with Gasteiger partial charge in [0.2, 0.25) is 11.7 Å². The van der Waals surface area contributed by atoms with Gasteiger partial charge in [-0.15, -0.1) is 11.3 Å². The molecule has 0 spiro atoms. The van der Waals surface area contributed by atoms with Crippen molar-refractivity contribution in [2.24, 2.45) is 0 Å². The Balaban J connectivity index is 1.62. The fraction of sp³-hybridized carbons (Fsp3) is 0.400. The number of rotatable bonds is 5. The highest BCUT2D eigenvalue weighted by atomic mass is 32.1. The van der Waals surface area contributed by atoms with Gasteiger partial charge in [0.05, 0.1) is 31.2 Å². The van der Waals surface area contributed by atoms with Crippen LogP contribution in [0.2, 0.25) is 0 Å². The smallest absolute Gasteiger partial charge is 0.212 e. The van der Waals surface area contributed by atoms with Crippen molar-refractivity contribution in [2.45, 2.75) is 19.5 Å². The number of aromatic nitrogens is 2. The van der Waals surface area contributed by atoms with E-state index in [4.69, 9.17) is 9.47 Å². The van der Waals surface area contributed by atoms with Gasteiger partial charge in [0.15, 0.2) is 0 Å². The maximum atomic E-state index is 12.8. The Labute approximate surface area is 162 Å². The van der Waals surface area contributed by atoms with Gasteiger partial charge in [0.1, 0.15) is 4.83 Å². The van der Waals surface area contributed by atoms with Gasteiger partial charge < -0.3 is 14.0 Å². The molecule has 7 heteroatoms. The largest absolute Gasteiger partial charge is 0.481 e. The number of likely N-dealkylation sites (N-methyl/N-ethyl adjacent to an activating group) is 1. The summed E-state index contributed by atoms with van der Waals surface area (Å²) < 4.78 is 13.0. The van der Waals surface area contributed by atoms with Crippen LogP contribution in [-0.2, 0) is 11.3 Å². The average molecular weight is 385 g/mol. The Morgan fingerprint density at radius 2 is 2.26 bits per heavy atom. The van der Waals surface area contributed by atoms with Crippen LogP contribution in [0.4, 0.5) is 0 Å². The number of hydrogen-bond donors (Lipinski definition) is 0. The molecule has 1 atom stereocenters. The Kier molecular flexibility index (Phi) is 4.99. The number of thiophene rings is 1. The molecular formula is C20H23N3O3S. The zero-order chi connectivity index (χ0) is 19.0. The summed E-state index contributed by atoms with van der Waals surface area (Å²) in [6.07, 6.45) is 1.57. The first-order chi connectivity index (χ1) is 13.1. The second kappa shape index (κ2) is 7.42. The number of nitrogens with zero attached hydrogens (tertiary/aromatic N) is 3. The molecule has 142 valence electrons. The molecule has 1 aliphatic heterocycles. The lowest BCUT2D eigenvalue weighted by Gasteiger charge is -2.33. The number of pyridine rings is 1. The molecule has 1 saturated heterocycles. The Morgan fingerprint density at radius 3 is 2.96 bits per heavy atom. The normalized spacial score (nSPS) is 18.1. The summed E-state index contributed by atoms with van der Waals surface area (Å²) in [5, 5.41) is 1.11. The third kappa shape index (κ3) is 3.50. The first-order valence-corrected chi connectivity index (χ1v) is 9.81. The molecule has 27 heavy (non-hydrogen) atoms. The molecule has 0 bridgehead atoms. The van der Waals surface area contributed by atoms with Crippen molar-refractivity contribution < 1.29 is 14.3 Å². The number of fused-ring (bicyclic) bond motifs is 1. The van der Waals surface area contributed by atoms with Crippen LogP contribution < -0.4 is 4.74 Å². The van der Waals surface area contributed by atoms with Crippen molar-refractivity contribution in [1.82, 2.24) is 14.5 Å². The maximum Gasteiger partial charge on any atom is 0.212 e. The van der Waals surface area contributed by atoms with E-state index in [0.29, 0.717) is 17.5 Å². The number of aryl methyl sites for hydroxylation is 1. The summed E-state index contributed by atoms with van der Waals surface area (Å²) in [5.41, 5.74) is 1.78. The zero-order valence-corrected chi connectivity index (χ0v) is 16.6. The van der Waals surface area contributed by atoms with E-state index in [9.17, 15) is 4.79 Å². The van der Waals surface area contributed by atoms with Gasteiger partial charge in [-0.2, -0.15) is 0 Å². The predicted octanol–water partition coefficient (Wildman–Crippen LogP) is 2.98. The van der Waals surface area contributed by atoms with Gasteiger partial charge in [-0.3, -0.25) is 9.69 Å². The van der Waals surface area contributed by atoms with E-state index in [1.165, 1.54) is 5.69 Å². The van der Waals surface area contributed by atoms with E-state index in [-0.39, 0.29) is 5.78 Å². The number of ketones is 1. The number of morpholine rings is 1. The minimum Gasteiger partial charge on any atom is -0.481 e. The van der Waals surface area contributed by atoms with Gasteiger partial charge >= 0.3 is 0 Å². The highest BCUT2D eigenvalue weighted by Crippen LogP contribution is 2.31. The standard InChI is InChI=1S/C20H23N3O3S/c1-13-8-15-9-17(19(24)14-4-5-18(25-3)21-10-14)27-20(15)23(13)11-16-12-26-7-6-22(16)2/h4-5,8-10,16H,6-7,11-12H2,1-3H3/t16-/m0/s1. The van der Waals surface area contributed by atoms with Crippen LogP contribution in [0, 0.1) is 6.92 Å².